The van der Waals surface area contributed by atoms with Crippen LogP contribution in [-0.2, 0) is 17.2 Å². The molecule has 0 N–H and O–H groups in total. The van der Waals surface area contributed by atoms with Crippen molar-refractivity contribution in [3.63, 3.8) is 0 Å². The number of hydrogen-bond donors (Lipinski definition) is 0. The largest absolute Gasteiger partial charge is 0.534 e. The third kappa shape index (κ3) is 2.73. The van der Waals surface area contributed by atoms with E-state index in [1.54, 1.807) is 18.2 Å². The summed E-state index contributed by atoms with van der Waals surface area (Å²) >= 11 is 3.22. The lowest BCUT2D eigenvalue weighted by Crippen LogP contribution is -2.36. The Morgan fingerprint density at radius 2 is 1.90 bits per heavy atom. The molecule has 0 aliphatic heterocycles. The highest BCUT2D eigenvalue weighted by molar-refractivity contribution is 9.10. The lowest BCUT2D eigenvalue weighted by atomic mass is 10.2. The van der Waals surface area contributed by atoms with Gasteiger partial charge in [0.05, 0.1) is 5.39 Å². The zero-order chi connectivity index (χ0) is 15.1. The molecule has 1 aromatic heterocycles. The van der Waals surface area contributed by atoms with Crippen LogP contribution in [0.25, 0.3) is 10.8 Å². The lowest BCUT2D eigenvalue weighted by Gasteiger charge is -2.09. The Morgan fingerprint density at radius 3 is 2.50 bits per heavy atom. The number of fused-ring (bicyclic) bond motifs is 1. The first-order valence-electron chi connectivity index (χ1n) is 5.20. The van der Waals surface area contributed by atoms with Crippen LogP contribution in [0.5, 0.6) is 5.88 Å². The standard InChI is InChI=1S/C11H8BrF3NO3S/c1-16-5-4-7-6-8(12)2-3-9(7)10(16)19-20(17,18)11(13,14)15/h2-6H,1H3/q+1. The molecular weight excluding hydrogens is 363 g/mol. The Balaban J connectivity index is 2.63. The van der Waals surface area contributed by atoms with Crippen LogP contribution in [-0.4, -0.2) is 13.9 Å². The molecule has 1 heterocycles. The summed E-state index contributed by atoms with van der Waals surface area (Å²) in [6, 6.07) is 6.33. The zero-order valence-corrected chi connectivity index (χ0v) is 12.4. The molecule has 0 amide bonds. The fourth-order valence-electron chi connectivity index (χ4n) is 1.57. The minimum Gasteiger partial charge on any atom is -0.315 e. The monoisotopic (exact) mass is 370 g/mol. The number of aryl methyl sites for hydroxylation is 1. The number of nitrogens with zero attached hydrogens (tertiary/aromatic N) is 1. The van der Waals surface area contributed by atoms with Crippen molar-refractivity contribution < 1.29 is 30.3 Å². The maximum absolute atomic E-state index is 12.4. The second-order valence-electron chi connectivity index (χ2n) is 3.95. The highest BCUT2D eigenvalue weighted by atomic mass is 79.9. The van der Waals surface area contributed by atoms with Gasteiger partial charge in [-0.15, -0.1) is 0 Å². The van der Waals surface area contributed by atoms with Crippen LogP contribution in [0.3, 0.4) is 0 Å². The van der Waals surface area contributed by atoms with Crippen LogP contribution in [0.2, 0.25) is 0 Å². The Labute approximate surface area is 121 Å². The van der Waals surface area contributed by atoms with Gasteiger partial charge in [-0.2, -0.15) is 26.2 Å². The summed E-state index contributed by atoms with van der Waals surface area (Å²) in [6.07, 6.45) is 1.41. The molecule has 20 heavy (non-hydrogen) atoms. The van der Waals surface area contributed by atoms with E-state index in [0.717, 1.165) is 0 Å². The first kappa shape index (κ1) is 15.0. The van der Waals surface area contributed by atoms with E-state index in [2.05, 4.69) is 20.1 Å². The van der Waals surface area contributed by atoms with Gasteiger partial charge >= 0.3 is 21.5 Å². The van der Waals surface area contributed by atoms with Crippen LogP contribution >= 0.6 is 15.9 Å². The van der Waals surface area contributed by atoms with E-state index in [9.17, 15) is 21.6 Å². The van der Waals surface area contributed by atoms with Gasteiger partial charge in [-0.3, -0.25) is 0 Å². The van der Waals surface area contributed by atoms with Crippen LogP contribution in [0.1, 0.15) is 0 Å². The first-order chi connectivity index (χ1) is 9.12. The molecule has 0 saturated heterocycles. The molecule has 0 radical (unpaired) electrons. The molecule has 2 aromatic rings. The van der Waals surface area contributed by atoms with Gasteiger partial charge in [0.1, 0.15) is 7.05 Å². The highest BCUT2D eigenvalue weighted by Crippen LogP contribution is 2.30. The Bertz CT molecular complexity index is 774. The Kier molecular flexibility index (Phi) is 3.67. The number of aromatic nitrogens is 1. The van der Waals surface area contributed by atoms with Crippen molar-refractivity contribution in [3.05, 3.63) is 34.9 Å². The predicted molar refractivity (Wildman–Crippen MR) is 68.4 cm³/mol. The average Bonchev–Trinajstić information content (AvgIpc) is 2.31. The summed E-state index contributed by atoms with van der Waals surface area (Å²) < 4.78 is 65.5. The van der Waals surface area contributed by atoms with Crippen molar-refractivity contribution in [2.45, 2.75) is 5.51 Å². The fraction of sp³-hybridized carbons (Fsp3) is 0.182. The molecule has 0 aliphatic rings. The Morgan fingerprint density at radius 1 is 1.25 bits per heavy atom. The van der Waals surface area contributed by atoms with Crippen molar-refractivity contribution in [2.75, 3.05) is 0 Å². The second kappa shape index (κ2) is 4.88. The SMILES string of the molecule is C[n+]1ccc2cc(Br)ccc2c1OS(=O)(=O)C(F)(F)F. The number of benzene rings is 1. The van der Waals surface area contributed by atoms with Gasteiger partial charge in [0, 0.05) is 10.5 Å². The molecule has 0 unspecified atom stereocenters. The first-order valence-corrected chi connectivity index (χ1v) is 7.40. The molecule has 0 saturated carbocycles. The van der Waals surface area contributed by atoms with Gasteiger partial charge in [-0.1, -0.05) is 15.9 Å². The second-order valence-corrected chi connectivity index (χ2v) is 6.40. The molecule has 0 atom stereocenters. The molecule has 0 spiro atoms. The number of pyridine rings is 1. The molecule has 1 aromatic carbocycles. The van der Waals surface area contributed by atoms with Gasteiger partial charge in [0.15, 0.2) is 6.20 Å². The summed E-state index contributed by atoms with van der Waals surface area (Å²) in [4.78, 5) is 0. The van der Waals surface area contributed by atoms with E-state index in [1.807, 2.05) is 0 Å². The van der Waals surface area contributed by atoms with Crippen molar-refractivity contribution in [1.82, 2.24) is 0 Å². The summed E-state index contributed by atoms with van der Waals surface area (Å²) in [7, 11) is -4.32. The third-order valence-electron chi connectivity index (χ3n) is 2.51. The summed E-state index contributed by atoms with van der Waals surface area (Å²) in [6.45, 7) is 0. The maximum Gasteiger partial charge on any atom is 0.534 e. The number of alkyl halides is 3. The van der Waals surface area contributed by atoms with E-state index < -0.39 is 21.5 Å². The van der Waals surface area contributed by atoms with Crippen LogP contribution in [0.4, 0.5) is 13.2 Å². The van der Waals surface area contributed by atoms with Gasteiger partial charge < -0.3 is 4.18 Å². The molecule has 9 heteroatoms. The minimum absolute atomic E-state index is 0.256. The molecular formula is C11H8BrF3NO3S+. The number of hydrogen-bond acceptors (Lipinski definition) is 3. The van der Waals surface area contributed by atoms with Gasteiger partial charge in [-0.25, -0.2) is 0 Å². The summed E-state index contributed by atoms with van der Waals surface area (Å²) in [5.41, 5.74) is -5.47. The highest BCUT2D eigenvalue weighted by Gasteiger charge is 2.50. The Hall–Kier alpha value is -1.35. The van der Waals surface area contributed by atoms with Crippen molar-refractivity contribution in [2.24, 2.45) is 7.05 Å². The molecule has 0 bridgehead atoms. The van der Waals surface area contributed by atoms with Gasteiger partial charge in [0.2, 0.25) is 0 Å². The van der Waals surface area contributed by atoms with E-state index in [0.29, 0.717) is 9.86 Å². The van der Waals surface area contributed by atoms with Gasteiger partial charge in [-0.05, 0) is 23.6 Å². The summed E-state index contributed by atoms with van der Waals surface area (Å²) in [5.74, 6) is -0.396. The predicted octanol–water partition coefficient (Wildman–Crippen LogP) is 2.66. The van der Waals surface area contributed by atoms with E-state index >= 15 is 0 Å². The lowest BCUT2D eigenvalue weighted by molar-refractivity contribution is -0.673. The van der Waals surface area contributed by atoms with Crippen LogP contribution in [0.15, 0.2) is 34.9 Å². The van der Waals surface area contributed by atoms with Gasteiger partial charge in [0.25, 0.3) is 0 Å². The molecule has 108 valence electrons. The quantitative estimate of drug-likeness (QED) is 0.463. The van der Waals surface area contributed by atoms with Crippen LogP contribution < -0.4 is 8.75 Å². The zero-order valence-electron chi connectivity index (χ0n) is 9.98. The van der Waals surface area contributed by atoms with E-state index in [-0.39, 0.29) is 5.39 Å². The van der Waals surface area contributed by atoms with E-state index in [4.69, 9.17) is 0 Å². The van der Waals surface area contributed by atoms with Crippen molar-refractivity contribution >= 4 is 36.8 Å². The fourth-order valence-corrected chi connectivity index (χ4v) is 2.46. The average molecular weight is 371 g/mol. The molecule has 0 aliphatic carbocycles. The number of rotatable bonds is 2. The van der Waals surface area contributed by atoms with Crippen LogP contribution in [0, 0.1) is 0 Å². The summed E-state index contributed by atoms with van der Waals surface area (Å²) in [5, 5.41) is 0.802. The smallest absolute Gasteiger partial charge is 0.315 e. The van der Waals surface area contributed by atoms with Crippen molar-refractivity contribution in [3.8, 4) is 5.88 Å². The van der Waals surface area contributed by atoms with Crippen molar-refractivity contribution in [1.29, 1.82) is 0 Å². The normalized spacial score (nSPS) is 12.7. The third-order valence-corrected chi connectivity index (χ3v) is 3.95. The molecule has 4 nitrogen and oxygen atoms in total. The molecule has 0 fully saturated rings. The maximum atomic E-state index is 12.4. The minimum atomic E-state index is -5.71. The number of halogens is 4. The topological polar surface area (TPSA) is 47.2 Å². The molecule has 2 rings (SSSR count). The van der Waals surface area contributed by atoms with E-state index in [1.165, 1.54) is 23.9 Å².